The third kappa shape index (κ3) is 3.78. The highest BCUT2D eigenvalue weighted by Crippen LogP contribution is 2.23. The van der Waals surface area contributed by atoms with E-state index in [1.807, 2.05) is 30.3 Å². The Morgan fingerprint density at radius 2 is 1.74 bits per heavy atom. The molecule has 2 aromatic carbocycles. The number of hydrogen-bond acceptors (Lipinski definition) is 3. The molecule has 2 aromatic rings. The molecule has 0 saturated carbocycles. The van der Waals surface area contributed by atoms with Crippen molar-refractivity contribution >= 4 is 15.9 Å². The van der Waals surface area contributed by atoms with Crippen molar-refractivity contribution in [2.24, 2.45) is 0 Å². The van der Waals surface area contributed by atoms with Crippen LogP contribution >= 0.6 is 0 Å². The van der Waals surface area contributed by atoms with Crippen LogP contribution in [0.3, 0.4) is 0 Å². The van der Waals surface area contributed by atoms with Gasteiger partial charge in [-0.05, 0) is 17.2 Å². The highest BCUT2D eigenvalue weighted by molar-refractivity contribution is 7.88. The summed E-state index contributed by atoms with van der Waals surface area (Å²) in [5.41, 5.74) is 2.25. The van der Waals surface area contributed by atoms with Gasteiger partial charge in [-0.25, -0.2) is 13.1 Å². The second-order valence-corrected chi connectivity index (χ2v) is 7.39. The molecule has 0 spiro atoms. The van der Waals surface area contributed by atoms with Gasteiger partial charge in [0.2, 0.25) is 10.0 Å². The van der Waals surface area contributed by atoms with Gasteiger partial charge < -0.3 is 5.32 Å². The quantitative estimate of drug-likeness (QED) is 0.875. The molecule has 0 fully saturated rings. The van der Waals surface area contributed by atoms with E-state index < -0.39 is 10.0 Å². The molecule has 1 heterocycles. The van der Waals surface area contributed by atoms with Crippen LogP contribution in [-0.4, -0.2) is 27.4 Å². The number of rotatable bonds is 5. The maximum atomic E-state index is 12.2. The number of carbonyl (C=O) groups is 1. The molecule has 1 amide bonds. The first kappa shape index (κ1) is 15.7. The number of hydrogen-bond donors (Lipinski definition) is 2. The van der Waals surface area contributed by atoms with Crippen molar-refractivity contribution in [2.45, 2.75) is 11.7 Å². The van der Waals surface area contributed by atoms with E-state index in [1.165, 1.54) is 0 Å². The Balaban J connectivity index is 1.69. The third-order valence-corrected chi connectivity index (χ3v) is 5.22. The third-order valence-electron chi connectivity index (χ3n) is 3.90. The van der Waals surface area contributed by atoms with Gasteiger partial charge in [-0.3, -0.25) is 4.79 Å². The summed E-state index contributed by atoms with van der Waals surface area (Å²) in [4.78, 5) is 11.8. The molecule has 1 atom stereocenters. The van der Waals surface area contributed by atoms with E-state index in [4.69, 9.17) is 0 Å². The molecular weight excluding hydrogens is 312 g/mol. The molecule has 0 aromatic heterocycles. The number of nitrogens with one attached hydrogen (secondary N) is 2. The van der Waals surface area contributed by atoms with Gasteiger partial charge in [-0.1, -0.05) is 48.5 Å². The molecule has 23 heavy (non-hydrogen) atoms. The van der Waals surface area contributed by atoms with Gasteiger partial charge in [-0.2, -0.15) is 0 Å². The summed E-state index contributed by atoms with van der Waals surface area (Å²) < 4.78 is 27.1. The van der Waals surface area contributed by atoms with Crippen molar-refractivity contribution in [3.05, 3.63) is 71.3 Å². The molecule has 0 saturated heterocycles. The molecule has 1 unspecified atom stereocenters. The summed E-state index contributed by atoms with van der Waals surface area (Å²) >= 11 is 0. The lowest BCUT2D eigenvalue weighted by atomic mass is 9.91. The highest BCUT2D eigenvalue weighted by Gasteiger charge is 2.25. The van der Waals surface area contributed by atoms with Crippen LogP contribution in [0.5, 0.6) is 0 Å². The highest BCUT2D eigenvalue weighted by atomic mass is 32.2. The minimum absolute atomic E-state index is 0.0471. The van der Waals surface area contributed by atoms with E-state index in [2.05, 4.69) is 10.0 Å². The molecule has 3 rings (SSSR count). The Hall–Kier alpha value is -2.18. The molecule has 2 N–H and O–H groups in total. The number of benzene rings is 2. The van der Waals surface area contributed by atoms with Crippen LogP contribution in [0.1, 0.15) is 27.4 Å². The van der Waals surface area contributed by atoms with Crippen LogP contribution in [0.4, 0.5) is 0 Å². The van der Waals surface area contributed by atoms with Gasteiger partial charge >= 0.3 is 0 Å². The van der Waals surface area contributed by atoms with E-state index in [1.54, 1.807) is 24.3 Å². The van der Waals surface area contributed by atoms with Crippen LogP contribution in [0.15, 0.2) is 54.6 Å². The average Bonchev–Trinajstić information content (AvgIpc) is 2.55. The average molecular weight is 330 g/mol. The minimum atomic E-state index is -3.41. The van der Waals surface area contributed by atoms with Crippen molar-refractivity contribution < 1.29 is 13.2 Å². The van der Waals surface area contributed by atoms with Crippen molar-refractivity contribution in [3.63, 3.8) is 0 Å². The van der Waals surface area contributed by atoms with Crippen molar-refractivity contribution in [1.82, 2.24) is 10.0 Å². The van der Waals surface area contributed by atoms with Crippen molar-refractivity contribution in [2.75, 3.05) is 13.1 Å². The SMILES string of the molecule is O=C1NCC(CNS(=O)(=O)Cc2ccccc2)c2ccccc21. The molecule has 0 bridgehead atoms. The molecule has 0 aliphatic carbocycles. The van der Waals surface area contributed by atoms with E-state index in [9.17, 15) is 13.2 Å². The topological polar surface area (TPSA) is 75.3 Å². The smallest absolute Gasteiger partial charge is 0.251 e. The van der Waals surface area contributed by atoms with Crippen LogP contribution in [0.2, 0.25) is 0 Å². The van der Waals surface area contributed by atoms with Crippen LogP contribution in [0, 0.1) is 0 Å². The number of carbonyl (C=O) groups excluding carboxylic acids is 1. The molecule has 6 heteroatoms. The molecule has 5 nitrogen and oxygen atoms in total. The van der Waals surface area contributed by atoms with Gasteiger partial charge in [-0.15, -0.1) is 0 Å². The maximum Gasteiger partial charge on any atom is 0.251 e. The van der Waals surface area contributed by atoms with Crippen LogP contribution in [0.25, 0.3) is 0 Å². The second-order valence-electron chi connectivity index (χ2n) is 5.59. The summed E-state index contributed by atoms with van der Waals surface area (Å²) in [5, 5.41) is 2.80. The lowest BCUT2D eigenvalue weighted by molar-refractivity contribution is 0.0940. The molecule has 1 aliphatic rings. The van der Waals surface area contributed by atoms with Gasteiger partial charge in [0.15, 0.2) is 0 Å². The zero-order valence-electron chi connectivity index (χ0n) is 12.5. The Kier molecular flexibility index (Phi) is 4.45. The van der Waals surface area contributed by atoms with Crippen LogP contribution < -0.4 is 10.0 Å². The minimum Gasteiger partial charge on any atom is -0.351 e. The summed E-state index contributed by atoms with van der Waals surface area (Å²) in [5.74, 6) is -0.215. The lowest BCUT2D eigenvalue weighted by Gasteiger charge is -2.25. The van der Waals surface area contributed by atoms with Gasteiger partial charge in [0.05, 0.1) is 5.75 Å². The van der Waals surface area contributed by atoms with E-state index >= 15 is 0 Å². The monoisotopic (exact) mass is 330 g/mol. The van der Waals surface area contributed by atoms with E-state index in [-0.39, 0.29) is 24.1 Å². The molecule has 120 valence electrons. The molecule has 1 aliphatic heterocycles. The Bertz CT molecular complexity index is 804. The van der Waals surface area contributed by atoms with Crippen molar-refractivity contribution in [1.29, 1.82) is 0 Å². The number of fused-ring (bicyclic) bond motifs is 1. The Morgan fingerprint density at radius 3 is 2.52 bits per heavy atom. The first-order valence-corrected chi connectivity index (χ1v) is 9.09. The predicted octanol–water partition coefficient (Wildman–Crippen LogP) is 1.63. The van der Waals surface area contributed by atoms with E-state index in [0.29, 0.717) is 12.1 Å². The Labute approximate surface area is 135 Å². The molecule has 0 radical (unpaired) electrons. The lowest BCUT2D eigenvalue weighted by Crippen LogP contribution is -2.40. The first-order chi connectivity index (χ1) is 11.1. The fourth-order valence-corrected chi connectivity index (χ4v) is 3.92. The molecular formula is C17H18N2O3S. The fraction of sp³-hybridized carbons (Fsp3) is 0.235. The first-order valence-electron chi connectivity index (χ1n) is 7.43. The number of sulfonamides is 1. The van der Waals surface area contributed by atoms with Gasteiger partial charge in [0.25, 0.3) is 5.91 Å². The second kappa shape index (κ2) is 6.52. The standard InChI is InChI=1S/C17H18N2O3S/c20-17-16-9-5-4-8-15(16)14(10-18-17)11-19-23(21,22)12-13-6-2-1-3-7-13/h1-9,14,19H,10-12H2,(H,18,20). The Morgan fingerprint density at radius 1 is 1.04 bits per heavy atom. The van der Waals surface area contributed by atoms with Gasteiger partial charge in [0.1, 0.15) is 0 Å². The normalized spacial score (nSPS) is 17.4. The summed E-state index contributed by atoms with van der Waals surface area (Å²) in [6.45, 7) is 0.705. The number of amides is 1. The van der Waals surface area contributed by atoms with Crippen LogP contribution in [-0.2, 0) is 15.8 Å². The maximum absolute atomic E-state index is 12.2. The summed E-state index contributed by atoms with van der Waals surface area (Å²) in [7, 11) is -3.41. The largest absolute Gasteiger partial charge is 0.351 e. The predicted molar refractivity (Wildman–Crippen MR) is 88.6 cm³/mol. The summed E-state index contributed by atoms with van der Waals surface area (Å²) in [6, 6.07) is 16.4. The van der Waals surface area contributed by atoms with E-state index in [0.717, 1.165) is 11.1 Å². The summed E-state index contributed by atoms with van der Waals surface area (Å²) in [6.07, 6.45) is 0. The van der Waals surface area contributed by atoms with Gasteiger partial charge in [0, 0.05) is 24.6 Å². The van der Waals surface area contributed by atoms with Crippen molar-refractivity contribution in [3.8, 4) is 0 Å². The fourth-order valence-electron chi connectivity index (χ4n) is 2.74. The zero-order chi connectivity index (χ0) is 16.3. The zero-order valence-corrected chi connectivity index (χ0v) is 13.3.